The van der Waals surface area contributed by atoms with Crippen LogP contribution < -0.4 is 0 Å². The van der Waals surface area contributed by atoms with E-state index in [1.807, 2.05) is 0 Å². The van der Waals surface area contributed by atoms with Crippen molar-refractivity contribution < 1.29 is 29.3 Å². The average Bonchev–Trinajstić information content (AvgIpc) is 3.67. The number of ether oxygens (including phenoxy) is 1. The van der Waals surface area contributed by atoms with E-state index in [9.17, 15) is 14.7 Å². The minimum Gasteiger partial charge on any atom is -0.396 e. The summed E-state index contributed by atoms with van der Waals surface area (Å²) in [5.41, 5.74) is -4.58. The Morgan fingerprint density at radius 1 is 1.19 bits per heavy atom. The van der Waals surface area contributed by atoms with Crippen LogP contribution in [0, 0.1) is 11.2 Å². The highest BCUT2D eigenvalue weighted by Crippen LogP contribution is 2.52. The zero-order chi connectivity index (χ0) is 29.3. The fourth-order valence-corrected chi connectivity index (χ4v) is 4.50. The van der Waals surface area contributed by atoms with Crippen molar-refractivity contribution in [2.75, 3.05) is 13.1 Å². The standard InChI is InChI=1S/C27H23Cl2FN2O4/c1-16(34)17-10-22-24(23(30)11-17)27(18-2-4-19(28)5-3-18,36-15-26(14-33)8-9-26)32(25(22)35)13-21-7-6-20(29)12-31-21/h2-7,10-12,33H,8-9,13-15H2,1H3/i14D2,15D2. The molecule has 0 saturated heterocycles. The molecule has 0 radical (unpaired) electrons. The number of nitrogens with zero attached hydrogens (tertiary/aromatic N) is 2. The highest BCUT2D eigenvalue weighted by molar-refractivity contribution is 6.30. The van der Waals surface area contributed by atoms with E-state index < -0.39 is 41.8 Å². The first-order valence-corrected chi connectivity index (χ1v) is 11.8. The van der Waals surface area contributed by atoms with Gasteiger partial charge in [-0.15, -0.1) is 0 Å². The molecule has 1 N–H and O–H groups in total. The van der Waals surface area contributed by atoms with Gasteiger partial charge in [0.05, 0.1) is 47.0 Å². The van der Waals surface area contributed by atoms with Crippen molar-refractivity contribution in [2.24, 2.45) is 5.41 Å². The molecule has 1 saturated carbocycles. The molecule has 1 aliphatic carbocycles. The SMILES string of the molecule is [2H]C([2H])(O)C1(C([2H])([2H])OC2(c3ccc(Cl)cc3)c3c(F)cc(C(C)=O)cc3C(=O)N2Cc2ccc(Cl)cn2)CC1. The number of rotatable bonds is 8. The van der Waals surface area contributed by atoms with E-state index in [0.717, 1.165) is 11.0 Å². The molecule has 1 unspecified atom stereocenters. The van der Waals surface area contributed by atoms with E-state index in [0.29, 0.717) is 15.7 Å². The Morgan fingerprint density at radius 3 is 2.47 bits per heavy atom. The maximum absolute atomic E-state index is 16.1. The second kappa shape index (κ2) is 9.23. The second-order valence-corrected chi connectivity index (χ2v) is 9.72. The van der Waals surface area contributed by atoms with E-state index in [1.165, 1.54) is 55.6 Å². The minimum atomic E-state index is -3.00. The Kier molecular flexibility index (Phi) is 5.19. The Labute approximate surface area is 223 Å². The lowest BCUT2D eigenvalue weighted by Gasteiger charge is -2.40. The average molecular weight is 533 g/mol. The van der Waals surface area contributed by atoms with E-state index in [1.54, 1.807) is 0 Å². The molecule has 2 aliphatic rings. The smallest absolute Gasteiger partial charge is 0.257 e. The summed E-state index contributed by atoms with van der Waals surface area (Å²) in [5, 5.41) is 10.9. The van der Waals surface area contributed by atoms with Gasteiger partial charge in [0.15, 0.2) is 11.5 Å². The molecular weight excluding hydrogens is 506 g/mol. The molecule has 36 heavy (non-hydrogen) atoms. The van der Waals surface area contributed by atoms with Gasteiger partial charge >= 0.3 is 0 Å². The van der Waals surface area contributed by atoms with Crippen molar-refractivity contribution in [3.8, 4) is 0 Å². The number of aromatic nitrogens is 1. The largest absolute Gasteiger partial charge is 0.396 e. The third-order valence-corrected chi connectivity index (χ3v) is 6.87. The van der Waals surface area contributed by atoms with E-state index in [4.69, 9.17) is 33.4 Å². The number of ketones is 1. The molecule has 1 aromatic heterocycles. The van der Waals surface area contributed by atoms with Crippen LogP contribution in [0.3, 0.4) is 0 Å². The Hall–Kier alpha value is -2.84. The van der Waals surface area contributed by atoms with Crippen molar-refractivity contribution in [1.82, 2.24) is 9.88 Å². The number of carbonyl (C=O) groups excluding carboxylic acids is 2. The summed E-state index contributed by atoms with van der Waals surface area (Å²) in [6.45, 7) is -5.01. The lowest BCUT2D eigenvalue weighted by atomic mass is 9.91. The maximum atomic E-state index is 16.1. The van der Waals surface area contributed by atoms with E-state index >= 15 is 4.39 Å². The third kappa shape index (κ3) is 4.20. The lowest BCUT2D eigenvalue weighted by molar-refractivity contribution is -0.130. The first kappa shape index (κ1) is 20.2. The number of hydrogen-bond acceptors (Lipinski definition) is 5. The quantitative estimate of drug-likeness (QED) is 0.394. The van der Waals surface area contributed by atoms with Gasteiger partial charge in [-0.1, -0.05) is 35.3 Å². The molecule has 1 amide bonds. The van der Waals surface area contributed by atoms with Gasteiger partial charge < -0.3 is 9.84 Å². The molecule has 1 atom stereocenters. The van der Waals surface area contributed by atoms with Gasteiger partial charge in [0.25, 0.3) is 5.91 Å². The summed E-state index contributed by atoms with van der Waals surface area (Å²) in [6, 6.07) is 11.0. The summed E-state index contributed by atoms with van der Waals surface area (Å²) in [6.07, 6.45) is 1.22. The molecule has 3 aromatic rings. The zero-order valence-corrected chi connectivity index (χ0v) is 20.5. The number of amides is 1. The third-order valence-electron chi connectivity index (χ3n) is 6.39. The molecule has 2 aromatic carbocycles. The molecule has 1 aliphatic heterocycles. The number of halogens is 3. The summed E-state index contributed by atoms with van der Waals surface area (Å²) in [4.78, 5) is 31.5. The molecule has 9 heteroatoms. The fraction of sp³-hybridized carbons (Fsp3) is 0.296. The van der Waals surface area contributed by atoms with Crippen molar-refractivity contribution in [3.63, 3.8) is 0 Å². The molecule has 0 bridgehead atoms. The second-order valence-electron chi connectivity index (χ2n) is 8.84. The molecule has 1 fully saturated rings. The summed E-state index contributed by atoms with van der Waals surface area (Å²) in [7, 11) is 0. The number of carbonyl (C=O) groups is 2. The van der Waals surface area contributed by atoms with Crippen LogP contribution in [0.15, 0.2) is 54.7 Å². The van der Waals surface area contributed by atoms with Crippen molar-refractivity contribution in [3.05, 3.63) is 98.5 Å². The number of aliphatic hydroxyl groups is 1. The summed E-state index contributed by atoms with van der Waals surface area (Å²) < 4.78 is 55.9. The first-order chi connectivity index (χ1) is 18.6. The number of fused-ring (bicyclic) bond motifs is 1. The molecular formula is C27H23Cl2FN2O4. The van der Waals surface area contributed by atoms with Crippen LogP contribution in [0.25, 0.3) is 0 Å². The van der Waals surface area contributed by atoms with Gasteiger partial charge in [-0.25, -0.2) is 4.39 Å². The molecule has 5 rings (SSSR count). The van der Waals surface area contributed by atoms with Gasteiger partial charge in [0, 0.05) is 27.8 Å². The van der Waals surface area contributed by atoms with Crippen LogP contribution in [0.2, 0.25) is 10.0 Å². The van der Waals surface area contributed by atoms with Crippen LogP contribution in [-0.4, -0.2) is 39.8 Å². The highest BCUT2D eigenvalue weighted by atomic mass is 35.5. The minimum absolute atomic E-state index is 0.0640. The van der Waals surface area contributed by atoms with Crippen LogP contribution in [-0.2, 0) is 17.0 Å². The Bertz CT molecular complexity index is 1510. The van der Waals surface area contributed by atoms with E-state index in [2.05, 4.69) is 4.98 Å². The van der Waals surface area contributed by atoms with Crippen molar-refractivity contribution >= 4 is 34.9 Å². The van der Waals surface area contributed by atoms with Crippen molar-refractivity contribution in [1.29, 1.82) is 0 Å². The predicted octanol–water partition coefficient (Wildman–Crippen LogP) is 5.38. The molecule has 2 heterocycles. The van der Waals surface area contributed by atoms with Gasteiger partial charge in [0.1, 0.15) is 5.82 Å². The summed E-state index contributed by atoms with van der Waals surface area (Å²) in [5.74, 6) is -2.28. The topological polar surface area (TPSA) is 79.7 Å². The molecule has 6 nitrogen and oxygen atoms in total. The highest BCUT2D eigenvalue weighted by Gasteiger charge is 2.56. The van der Waals surface area contributed by atoms with Gasteiger partial charge in [-0.05, 0) is 56.2 Å². The van der Waals surface area contributed by atoms with E-state index in [-0.39, 0.29) is 41.6 Å². The number of Topliss-reactive ketones (excluding diaryl/α,β-unsaturated/α-hetero) is 1. The van der Waals surface area contributed by atoms with Crippen LogP contribution in [0.4, 0.5) is 4.39 Å². The Morgan fingerprint density at radius 2 is 1.89 bits per heavy atom. The first-order valence-electron chi connectivity index (χ1n) is 13.1. The normalized spacial score (nSPS) is 22.4. The van der Waals surface area contributed by atoms with Gasteiger partial charge in [-0.2, -0.15) is 0 Å². The van der Waals surface area contributed by atoms with Crippen molar-refractivity contribution in [2.45, 2.75) is 32.0 Å². The van der Waals surface area contributed by atoms with Gasteiger partial charge in [-0.3, -0.25) is 19.5 Å². The molecule has 186 valence electrons. The van der Waals surface area contributed by atoms with Crippen LogP contribution >= 0.6 is 23.2 Å². The van der Waals surface area contributed by atoms with Gasteiger partial charge in [0.2, 0.25) is 0 Å². The fourth-order valence-electron chi connectivity index (χ4n) is 4.27. The number of hydrogen-bond donors (Lipinski definition) is 1. The maximum Gasteiger partial charge on any atom is 0.257 e. The monoisotopic (exact) mass is 532 g/mol. The summed E-state index contributed by atoms with van der Waals surface area (Å²) >= 11 is 12.1. The Balaban J connectivity index is 1.81. The number of benzene rings is 2. The predicted molar refractivity (Wildman–Crippen MR) is 132 cm³/mol. The van der Waals surface area contributed by atoms with Crippen LogP contribution in [0.5, 0.6) is 0 Å². The zero-order valence-electron chi connectivity index (χ0n) is 23.0. The number of pyridine rings is 1. The lowest BCUT2D eigenvalue weighted by Crippen LogP contribution is -2.48. The molecule has 0 spiro atoms. The van der Waals surface area contributed by atoms with Crippen LogP contribution in [0.1, 0.15) is 62.8 Å².